The second-order valence-electron chi connectivity index (χ2n) is 7.09. The number of ether oxygens (including phenoxy) is 1. The van der Waals surface area contributed by atoms with E-state index in [-0.39, 0.29) is 15.8 Å². The minimum atomic E-state index is -3.72. The van der Waals surface area contributed by atoms with Gasteiger partial charge in [0, 0.05) is 26.3 Å². The summed E-state index contributed by atoms with van der Waals surface area (Å²) in [5.74, 6) is 0.555. The van der Waals surface area contributed by atoms with E-state index in [1.165, 1.54) is 26.2 Å². The van der Waals surface area contributed by atoms with Gasteiger partial charge in [-0.25, -0.2) is 12.7 Å². The summed E-state index contributed by atoms with van der Waals surface area (Å²) >= 11 is 6.06. The number of hydrogen-bond acceptors (Lipinski definition) is 5. The topological polar surface area (TPSA) is 79.0 Å². The molecule has 0 aliphatic carbocycles. The van der Waals surface area contributed by atoms with Crippen LogP contribution in [0, 0.1) is 0 Å². The van der Waals surface area contributed by atoms with Gasteiger partial charge < -0.3 is 10.1 Å². The van der Waals surface area contributed by atoms with Gasteiger partial charge in [0.2, 0.25) is 15.9 Å². The number of carbonyl (C=O) groups excluding carboxylic acids is 1. The first-order valence-electron chi connectivity index (χ1n) is 9.51. The highest BCUT2D eigenvalue weighted by molar-refractivity contribution is 7.89. The van der Waals surface area contributed by atoms with E-state index in [0.29, 0.717) is 18.8 Å². The Bertz CT molecular complexity index is 978. The monoisotopic (exact) mass is 453 g/mol. The van der Waals surface area contributed by atoms with Gasteiger partial charge in [0.25, 0.3) is 0 Å². The molecule has 0 bridgehead atoms. The van der Waals surface area contributed by atoms with Crippen molar-refractivity contribution in [1.82, 2.24) is 9.21 Å². The highest BCUT2D eigenvalue weighted by atomic mass is 35.5. The lowest BCUT2D eigenvalue weighted by molar-refractivity contribution is -0.120. The van der Waals surface area contributed by atoms with Gasteiger partial charge in [0.1, 0.15) is 10.6 Å². The summed E-state index contributed by atoms with van der Waals surface area (Å²) in [7, 11) is 0.981. The zero-order valence-electron chi connectivity index (χ0n) is 17.8. The van der Waals surface area contributed by atoms with E-state index in [1.807, 2.05) is 43.1 Å². The number of anilines is 1. The predicted molar refractivity (Wildman–Crippen MR) is 119 cm³/mol. The summed E-state index contributed by atoms with van der Waals surface area (Å²) < 4.78 is 31.3. The van der Waals surface area contributed by atoms with Crippen molar-refractivity contribution in [3.8, 4) is 5.75 Å². The smallest absolute Gasteiger partial charge is 0.244 e. The molecular formula is C21H28ClN3O4S. The highest BCUT2D eigenvalue weighted by Crippen LogP contribution is 2.27. The molecule has 1 N–H and O–H groups in total. The van der Waals surface area contributed by atoms with E-state index in [1.54, 1.807) is 13.0 Å². The zero-order valence-corrected chi connectivity index (χ0v) is 19.4. The number of rotatable bonds is 9. The summed E-state index contributed by atoms with van der Waals surface area (Å²) in [6.07, 6.45) is 0. The molecule has 0 aliphatic rings. The van der Waals surface area contributed by atoms with E-state index in [9.17, 15) is 13.2 Å². The number of sulfonamides is 1. The maximum atomic E-state index is 12.7. The number of nitrogens with zero attached hydrogens (tertiary/aromatic N) is 2. The van der Waals surface area contributed by atoms with E-state index in [4.69, 9.17) is 16.3 Å². The molecule has 1 atom stereocenters. The number of carbonyl (C=O) groups is 1. The first-order valence-corrected chi connectivity index (χ1v) is 11.3. The Morgan fingerprint density at radius 3 is 2.33 bits per heavy atom. The maximum absolute atomic E-state index is 12.7. The van der Waals surface area contributed by atoms with Gasteiger partial charge in [-0.3, -0.25) is 9.69 Å². The molecule has 0 aliphatic heterocycles. The quantitative estimate of drug-likeness (QED) is 0.629. The van der Waals surface area contributed by atoms with Crippen molar-refractivity contribution >= 4 is 33.2 Å². The zero-order chi connectivity index (χ0) is 22.5. The second-order valence-corrected chi connectivity index (χ2v) is 9.62. The lowest BCUT2D eigenvalue weighted by atomic mass is 10.1. The molecule has 2 rings (SSSR count). The van der Waals surface area contributed by atoms with Crippen molar-refractivity contribution in [2.24, 2.45) is 0 Å². The molecule has 30 heavy (non-hydrogen) atoms. The van der Waals surface area contributed by atoms with Crippen LogP contribution in [0.5, 0.6) is 5.75 Å². The van der Waals surface area contributed by atoms with Crippen molar-refractivity contribution in [2.45, 2.75) is 31.3 Å². The average molecular weight is 454 g/mol. The summed E-state index contributed by atoms with van der Waals surface area (Å²) in [6.45, 7) is 4.90. The predicted octanol–water partition coefficient (Wildman–Crippen LogP) is 3.45. The van der Waals surface area contributed by atoms with Crippen LogP contribution in [-0.4, -0.2) is 57.3 Å². The number of amides is 1. The van der Waals surface area contributed by atoms with Gasteiger partial charge in [-0.2, -0.15) is 0 Å². The second kappa shape index (κ2) is 10.3. The van der Waals surface area contributed by atoms with Crippen LogP contribution in [0.25, 0.3) is 0 Å². The molecule has 2 aromatic carbocycles. The fourth-order valence-electron chi connectivity index (χ4n) is 2.71. The normalized spacial score (nSPS) is 12.8. The molecule has 1 amide bonds. The number of likely N-dealkylation sites (N-methyl/N-ethyl adjacent to an activating group) is 1. The van der Waals surface area contributed by atoms with E-state index in [2.05, 4.69) is 5.32 Å². The molecule has 2 aromatic rings. The Morgan fingerprint density at radius 2 is 1.77 bits per heavy atom. The number of halogens is 1. The lowest BCUT2D eigenvalue weighted by Crippen LogP contribution is -2.39. The molecule has 0 heterocycles. The van der Waals surface area contributed by atoms with Crippen LogP contribution < -0.4 is 10.1 Å². The Kier molecular flexibility index (Phi) is 8.25. The van der Waals surface area contributed by atoms with Gasteiger partial charge in [0.15, 0.2) is 0 Å². The summed E-state index contributed by atoms with van der Waals surface area (Å²) in [6, 6.07) is 11.7. The van der Waals surface area contributed by atoms with Gasteiger partial charge >= 0.3 is 0 Å². The van der Waals surface area contributed by atoms with Crippen LogP contribution in [-0.2, 0) is 21.4 Å². The van der Waals surface area contributed by atoms with E-state index < -0.39 is 16.1 Å². The Balaban J connectivity index is 2.08. The van der Waals surface area contributed by atoms with Crippen molar-refractivity contribution in [2.75, 3.05) is 33.1 Å². The fourth-order valence-corrected chi connectivity index (χ4v) is 4.10. The van der Waals surface area contributed by atoms with Crippen molar-refractivity contribution in [3.05, 3.63) is 53.1 Å². The molecule has 9 heteroatoms. The van der Waals surface area contributed by atoms with Crippen LogP contribution in [0.15, 0.2) is 47.4 Å². The molecule has 0 radical (unpaired) electrons. The molecule has 7 nitrogen and oxygen atoms in total. The minimum absolute atomic E-state index is 0.0534. The molecule has 0 saturated carbocycles. The van der Waals surface area contributed by atoms with E-state index in [0.717, 1.165) is 15.6 Å². The van der Waals surface area contributed by atoms with Crippen LogP contribution in [0.3, 0.4) is 0 Å². The third-order valence-electron chi connectivity index (χ3n) is 4.66. The van der Waals surface area contributed by atoms with Crippen molar-refractivity contribution < 1.29 is 17.9 Å². The molecule has 0 saturated heterocycles. The van der Waals surface area contributed by atoms with Crippen LogP contribution in [0.4, 0.5) is 5.69 Å². The fraction of sp³-hybridized carbons (Fsp3) is 0.381. The van der Waals surface area contributed by atoms with Gasteiger partial charge in [-0.1, -0.05) is 23.7 Å². The summed E-state index contributed by atoms with van der Waals surface area (Å²) in [4.78, 5) is 14.5. The van der Waals surface area contributed by atoms with Crippen LogP contribution in [0.1, 0.15) is 19.4 Å². The number of benzene rings is 2. The Morgan fingerprint density at radius 1 is 1.13 bits per heavy atom. The van der Waals surface area contributed by atoms with Gasteiger partial charge in [0.05, 0.1) is 17.7 Å². The Labute approximate surface area is 183 Å². The Hall–Kier alpha value is -2.13. The first kappa shape index (κ1) is 24.1. The number of nitrogens with one attached hydrogen (secondary N) is 1. The third kappa shape index (κ3) is 5.95. The first-order chi connectivity index (χ1) is 14.1. The minimum Gasteiger partial charge on any atom is -0.494 e. The molecular weight excluding hydrogens is 426 g/mol. The van der Waals surface area contributed by atoms with Crippen LogP contribution in [0.2, 0.25) is 5.02 Å². The average Bonchev–Trinajstić information content (AvgIpc) is 2.70. The van der Waals surface area contributed by atoms with Crippen molar-refractivity contribution in [3.63, 3.8) is 0 Å². The summed E-state index contributed by atoms with van der Waals surface area (Å²) in [5.41, 5.74) is 1.41. The lowest BCUT2D eigenvalue weighted by Gasteiger charge is -2.24. The maximum Gasteiger partial charge on any atom is 0.244 e. The molecule has 0 spiro atoms. The van der Waals surface area contributed by atoms with Gasteiger partial charge in [-0.15, -0.1) is 0 Å². The van der Waals surface area contributed by atoms with E-state index >= 15 is 0 Å². The third-order valence-corrected chi connectivity index (χ3v) is 6.96. The number of hydrogen-bond donors (Lipinski definition) is 1. The highest BCUT2D eigenvalue weighted by Gasteiger charge is 2.23. The largest absolute Gasteiger partial charge is 0.494 e. The molecule has 1 unspecified atom stereocenters. The molecule has 0 fully saturated rings. The SMILES string of the molecule is CCOc1ccc(CN(C)C(C)C(=O)Nc2ccc(Cl)c(S(=O)(=O)N(C)C)c2)cc1. The standard InChI is InChI=1S/C21H28ClN3O4S/c1-6-29-18-10-7-16(8-11-18)14-25(5)15(2)21(26)23-17-9-12-19(22)20(13-17)30(27,28)24(3)4/h7-13,15H,6,14H2,1-5H3,(H,23,26). The summed E-state index contributed by atoms with van der Waals surface area (Å²) in [5, 5.41) is 2.87. The molecule has 164 valence electrons. The van der Waals surface area contributed by atoms with Crippen LogP contribution >= 0.6 is 11.6 Å². The molecule has 0 aromatic heterocycles. The van der Waals surface area contributed by atoms with Gasteiger partial charge in [-0.05, 0) is 56.8 Å². The van der Waals surface area contributed by atoms with Crippen molar-refractivity contribution in [1.29, 1.82) is 0 Å².